The fourth-order valence-electron chi connectivity index (χ4n) is 0.429. The smallest absolute Gasteiger partial charge is 0.867 e. The van der Waals surface area contributed by atoms with Gasteiger partial charge in [0.25, 0.3) is 0 Å². The number of allylic oxidation sites excluding steroid dienone is 1. The summed E-state index contributed by atoms with van der Waals surface area (Å²) in [5.41, 5.74) is 0.483. The quantitative estimate of drug-likeness (QED) is 0.275. The number of rotatable bonds is 4. The van der Waals surface area contributed by atoms with Crippen LogP contribution in [0.2, 0.25) is 0 Å². The normalized spacial score (nSPS) is 8.09. The van der Waals surface area contributed by atoms with Crippen LogP contribution in [0.5, 0.6) is 0 Å². The van der Waals surface area contributed by atoms with Gasteiger partial charge in [-0.15, -0.1) is 12.2 Å². The molecule has 0 saturated heterocycles. The monoisotopic (exact) mass is 180 g/mol. The average Bonchev–Trinajstić information content (AvgIpc) is 1.82. The van der Waals surface area contributed by atoms with E-state index in [1.807, 2.05) is 0 Å². The van der Waals surface area contributed by atoms with E-state index in [9.17, 15) is 9.90 Å². The van der Waals surface area contributed by atoms with E-state index in [4.69, 9.17) is 0 Å². The summed E-state index contributed by atoms with van der Waals surface area (Å²) in [6, 6.07) is 0. The molecule has 56 valence electrons. The third-order valence-corrected chi connectivity index (χ3v) is 1.24. The van der Waals surface area contributed by atoms with E-state index in [0.717, 1.165) is 0 Å². The zero-order chi connectivity index (χ0) is 8.15. The molecule has 0 aliphatic heterocycles. The first-order chi connectivity index (χ1) is 4.54. The van der Waals surface area contributed by atoms with Crippen LogP contribution in [0.25, 0.3) is 0 Å². The second kappa shape index (κ2) is 6.98. The van der Waals surface area contributed by atoms with E-state index in [2.05, 4.69) is 18.8 Å². The predicted molar refractivity (Wildman–Crippen MR) is 41.7 cm³/mol. The summed E-state index contributed by atoms with van der Waals surface area (Å²) in [6.45, 7) is 5.06. The Balaban J connectivity index is 0. The van der Waals surface area contributed by atoms with Gasteiger partial charge in [0, 0.05) is 6.42 Å². The standard InChI is InChI=1S/C7H10O2S.Na/c1-5(2)6(8)3-4-7(9)10;/h1,3-4H2,2H3,(H,9,10);/q;+1/p-1. The molecule has 2 nitrogen and oxygen atoms in total. The molecule has 0 spiro atoms. The summed E-state index contributed by atoms with van der Waals surface area (Å²) in [6.07, 6.45) is 0.360. The number of thiocarbonyl (C=S) groups is 1. The summed E-state index contributed by atoms with van der Waals surface area (Å²) in [5, 5.41) is 9.84. The van der Waals surface area contributed by atoms with Crippen molar-refractivity contribution in [1.29, 1.82) is 0 Å². The predicted octanol–water partition coefficient (Wildman–Crippen LogP) is -2.40. The fourth-order valence-corrected chi connectivity index (χ4v) is 0.531. The Bertz CT molecular complexity index is 177. The minimum Gasteiger partial charge on any atom is -0.867 e. The van der Waals surface area contributed by atoms with Crippen molar-refractivity contribution in [2.75, 3.05) is 0 Å². The topological polar surface area (TPSA) is 40.1 Å². The third kappa shape index (κ3) is 8.20. The Morgan fingerprint density at radius 3 is 2.27 bits per heavy atom. The molecule has 0 rings (SSSR count). The van der Waals surface area contributed by atoms with Crippen LogP contribution >= 0.6 is 12.2 Å². The molecule has 4 heteroatoms. The Morgan fingerprint density at radius 1 is 1.55 bits per heavy atom. The maximum absolute atomic E-state index is 10.7. The molecule has 0 aromatic carbocycles. The van der Waals surface area contributed by atoms with Gasteiger partial charge in [-0.1, -0.05) is 11.6 Å². The molecule has 11 heavy (non-hydrogen) atoms. The molecular formula is C7H9NaO2S. The van der Waals surface area contributed by atoms with Crippen molar-refractivity contribution in [2.45, 2.75) is 19.8 Å². The molecule has 0 aromatic heterocycles. The van der Waals surface area contributed by atoms with Gasteiger partial charge in [-0.3, -0.25) is 4.79 Å². The van der Waals surface area contributed by atoms with Gasteiger partial charge in [-0.25, -0.2) is 0 Å². The molecule has 0 heterocycles. The van der Waals surface area contributed by atoms with Gasteiger partial charge in [0.2, 0.25) is 0 Å². The molecule has 0 aliphatic rings. The molecule has 0 fully saturated rings. The summed E-state index contributed by atoms with van der Waals surface area (Å²) >= 11 is 4.26. The summed E-state index contributed by atoms with van der Waals surface area (Å²) in [5.74, 6) is -0.0850. The van der Waals surface area contributed by atoms with Gasteiger partial charge < -0.3 is 5.11 Å². The SMILES string of the molecule is C=C(C)C(=O)CCC([O-])=S.[Na+]. The van der Waals surface area contributed by atoms with Crippen molar-refractivity contribution in [1.82, 2.24) is 0 Å². The summed E-state index contributed by atoms with van der Waals surface area (Å²) < 4.78 is 0. The molecule has 0 bridgehead atoms. The zero-order valence-corrected chi connectivity index (χ0v) is 9.66. The first-order valence-electron chi connectivity index (χ1n) is 2.92. The second-order valence-electron chi connectivity index (χ2n) is 2.08. The van der Waals surface area contributed by atoms with Crippen molar-refractivity contribution in [2.24, 2.45) is 0 Å². The molecular weight excluding hydrogens is 171 g/mol. The maximum atomic E-state index is 10.7. The third-order valence-electron chi connectivity index (χ3n) is 1.03. The Labute approximate surface area is 94.0 Å². The first kappa shape index (κ1) is 13.9. The number of ketones is 1. The fraction of sp³-hybridized carbons (Fsp3) is 0.429. The summed E-state index contributed by atoms with van der Waals surface area (Å²) in [4.78, 5) is 10.7. The maximum Gasteiger partial charge on any atom is 1.00 e. The molecule has 0 radical (unpaired) electrons. The van der Waals surface area contributed by atoms with Crippen molar-refractivity contribution in [3.63, 3.8) is 0 Å². The van der Waals surface area contributed by atoms with Gasteiger partial charge in [-0.05, 0) is 18.9 Å². The minimum atomic E-state index is -0.366. The van der Waals surface area contributed by atoms with E-state index < -0.39 is 0 Å². The second-order valence-corrected chi connectivity index (χ2v) is 2.53. The van der Waals surface area contributed by atoms with Crippen LogP contribution in [-0.4, -0.2) is 10.8 Å². The van der Waals surface area contributed by atoms with Crippen molar-refractivity contribution in [3.8, 4) is 0 Å². The number of Topliss-reactive ketones (excluding diaryl/α,β-unsaturated/α-hetero) is 1. The van der Waals surface area contributed by atoms with E-state index >= 15 is 0 Å². The van der Waals surface area contributed by atoms with Crippen LogP contribution < -0.4 is 34.7 Å². The van der Waals surface area contributed by atoms with Crippen molar-refractivity contribution < 1.29 is 39.5 Å². The molecule has 0 N–H and O–H groups in total. The minimum absolute atomic E-state index is 0. The number of hydrogen-bond donors (Lipinski definition) is 0. The number of hydrogen-bond acceptors (Lipinski definition) is 3. The van der Waals surface area contributed by atoms with E-state index in [1.54, 1.807) is 6.92 Å². The van der Waals surface area contributed by atoms with Crippen molar-refractivity contribution in [3.05, 3.63) is 12.2 Å². The molecule has 0 aromatic rings. The molecule has 0 saturated carbocycles. The summed E-state index contributed by atoms with van der Waals surface area (Å²) in [7, 11) is 0. The number of carbonyl (C=O) groups excluding carboxylic acids is 1. The van der Waals surface area contributed by atoms with Crippen LogP contribution in [0.1, 0.15) is 19.8 Å². The van der Waals surface area contributed by atoms with E-state index in [0.29, 0.717) is 5.57 Å². The van der Waals surface area contributed by atoms with Gasteiger partial charge >= 0.3 is 29.6 Å². The van der Waals surface area contributed by atoms with Gasteiger partial charge in [0.05, 0.1) is 0 Å². The van der Waals surface area contributed by atoms with E-state index in [1.165, 1.54) is 0 Å². The van der Waals surface area contributed by atoms with Gasteiger partial charge in [0.1, 0.15) is 0 Å². The average molecular weight is 180 g/mol. The molecule has 0 aliphatic carbocycles. The molecule has 0 atom stereocenters. The van der Waals surface area contributed by atoms with Crippen LogP contribution in [0.3, 0.4) is 0 Å². The van der Waals surface area contributed by atoms with Crippen LogP contribution in [-0.2, 0) is 4.79 Å². The van der Waals surface area contributed by atoms with Gasteiger partial charge in [0.15, 0.2) is 5.78 Å². The molecule has 0 amide bonds. The Kier molecular flexibility index (Phi) is 8.79. The van der Waals surface area contributed by atoms with Crippen LogP contribution in [0.4, 0.5) is 0 Å². The van der Waals surface area contributed by atoms with Crippen LogP contribution in [0, 0.1) is 0 Å². The van der Waals surface area contributed by atoms with Crippen molar-refractivity contribution >= 4 is 23.1 Å². The zero-order valence-electron chi connectivity index (χ0n) is 6.85. The van der Waals surface area contributed by atoms with Crippen LogP contribution in [0.15, 0.2) is 12.2 Å². The first-order valence-corrected chi connectivity index (χ1v) is 3.33. The number of carbonyl (C=O) groups is 1. The van der Waals surface area contributed by atoms with E-state index in [-0.39, 0.29) is 53.2 Å². The Hall–Kier alpha value is 0.300. The Morgan fingerprint density at radius 2 is 2.00 bits per heavy atom. The largest absolute Gasteiger partial charge is 1.00 e. The molecule has 0 unspecified atom stereocenters. The van der Waals surface area contributed by atoms with Gasteiger partial charge in [-0.2, -0.15) is 0 Å².